The highest BCUT2D eigenvalue weighted by Gasteiger charge is 2.38. The summed E-state index contributed by atoms with van der Waals surface area (Å²) in [7, 11) is 1.56. The molecule has 2 aliphatic rings. The Hall–Kier alpha value is -2.40. The summed E-state index contributed by atoms with van der Waals surface area (Å²) in [4.78, 5) is 25.5. The Bertz CT molecular complexity index is 774. The number of carbonyl (C=O) groups is 2. The van der Waals surface area contributed by atoms with Crippen molar-refractivity contribution in [3.8, 4) is 0 Å². The van der Waals surface area contributed by atoms with E-state index in [4.69, 9.17) is 9.47 Å². The van der Waals surface area contributed by atoms with E-state index < -0.39 is 5.97 Å². The predicted octanol–water partition coefficient (Wildman–Crippen LogP) is 3.15. The van der Waals surface area contributed by atoms with Crippen LogP contribution in [0, 0.1) is 6.92 Å². The third kappa shape index (κ3) is 3.58. The average molecular weight is 355 g/mol. The van der Waals surface area contributed by atoms with Crippen LogP contribution in [0.4, 0.5) is 0 Å². The molecule has 1 aliphatic carbocycles. The van der Waals surface area contributed by atoms with E-state index in [9.17, 15) is 9.59 Å². The Kier molecular flexibility index (Phi) is 5.57. The molecule has 26 heavy (non-hydrogen) atoms. The Morgan fingerprint density at radius 2 is 1.88 bits per heavy atom. The van der Waals surface area contributed by atoms with E-state index in [1.165, 1.54) is 0 Å². The normalized spacial score (nSPS) is 20.0. The summed E-state index contributed by atoms with van der Waals surface area (Å²) in [6.45, 7) is 4.42. The van der Waals surface area contributed by atoms with Crippen molar-refractivity contribution in [2.24, 2.45) is 0 Å². The van der Waals surface area contributed by atoms with Crippen LogP contribution in [0.25, 0.3) is 0 Å². The Morgan fingerprint density at radius 1 is 1.15 bits per heavy atom. The second-order valence-electron chi connectivity index (χ2n) is 6.81. The van der Waals surface area contributed by atoms with Gasteiger partial charge >= 0.3 is 5.97 Å². The lowest BCUT2D eigenvalue weighted by Crippen LogP contribution is -2.34. The lowest BCUT2D eigenvalue weighted by molar-refractivity contribution is -0.140. The zero-order valence-electron chi connectivity index (χ0n) is 15.6. The zero-order valence-corrected chi connectivity index (χ0v) is 15.6. The van der Waals surface area contributed by atoms with Gasteiger partial charge in [-0.15, -0.1) is 0 Å². The number of esters is 1. The molecular weight excluding hydrogens is 330 g/mol. The number of ketones is 1. The first kappa shape index (κ1) is 18.4. The number of allylic oxidation sites excluding steroid dienone is 3. The second-order valence-corrected chi connectivity index (χ2v) is 6.81. The van der Waals surface area contributed by atoms with Gasteiger partial charge in [0.15, 0.2) is 5.78 Å². The summed E-state index contributed by atoms with van der Waals surface area (Å²) in [6, 6.07) is 8.00. The van der Waals surface area contributed by atoms with E-state index in [-0.39, 0.29) is 18.3 Å². The standard InChI is InChI=1S/C21H25NO4/c1-13-7-9-15(10-8-13)19-18(21(24)26-12-11-25-3)14(2)22-16-5-4-6-17(23)20(16)19/h7-10,19,22H,4-6,11-12H2,1-3H3/t19-/m1/s1. The second kappa shape index (κ2) is 7.87. The number of hydrogen-bond acceptors (Lipinski definition) is 5. The number of Topliss-reactive ketones (excluding diaryl/α,β-unsaturated/α-hetero) is 1. The van der Waals surface area contributed by atoms with E-state index in [2.05, 4.69) is 5.32 Å². The van der Waals surface area contributed by atoms with Crippen molar-refractivity contribution in [2.45, 2.75) is 39.0 Å². The topological polar surface area (TPSA) is 64.6 Å². The highest BCUT2D eigenvalue weighted by molar-refractivity contribution is 6.03. The molecule has 0 radical (unpaired) electrons. The van der Waals surface area contributed by atoms with Crippen LogP contribution in [0.5, 0.6) is 0 Å². The van der Waals surface area contributed by atoms with Crippen molar-refractivity contribution in [1.82, 2.24) is 5.32 Å². The number of hydrogen-bond donors (Lipinski definition) is 1. The maximum absolute atomic E-state index is 12.8. The van der Waals surface area contributed by atoms with Gasteiger partial charge in [0.1, 0.15) is 6.61 Å². The minimum atomic E-state index is -0.400. The molecule has 1 aromatic rings. The molecule has 138 valence electrons. The summed E-state index contributed by atoms with van der Waals surface area (Å²) >= 11 is 0. The first-order chi connectivity index (χ1) is 12.5. The molecule has 0 fully saturated rings. The van der Waals surface area contributed by atoms with Gasteiger partial charge in [0.25, 0.3) is 0 Å². The predicted molar refractivity (Wildman–Crippen MR) is 98.5 cm³/mol. The molecule has 0 aromatic heterocycles. The highest BCUT2D eigenvalue weighted by atomic mass is 16.6. The quantitative estimate of drug-likeness (QED) is 0.649. The van der Waals surface area contributed by atoms with Crippen LogP contribution in [-0.2, 0) is 19.1 Å². The van der Waals surface area contributed by atoms with Gasteiger partial charge in [-0.25, -0.2) is 4.79 Å². The lowest BCUT2D eigenvalue weighted by atomic mass is 9.75. The summed E-state index contributed by atoms with van der Waals surface area (Å²) in [6.07, 6.45) is 2.19. The summed E-state index contributed by atoms with van der Waals surface area (Å²) in [5.74, 6) is -0.670. The van der Waals surface area contributed by atoms with Gasteiger partial charge in [-0.3, -0.25) is 4.79 Å². The fraction of sp³-hybridized carbons (Fsp3) is 0.429. The first-order valence-electron chi connectivity index (χ1n) is 8.99. The first-order valence-corrected chi connectivity index (χ1v) is 8.99. The summed E-state index contributed by atoms with van der Waals surface area (Å²) < 4.78 is 10.3. The highest BCUT2D eigenvalue weighted by Crippen LogP contribution is 2.42. The fourth-order valence-corrected chi connectivity index (χ4v) is 3.64. The molecule has 0 bridgehead atoms. The summed E-state index contributed by atoms with van der Waals surface area (Å²) in [5.41, 5.74) is 5.00. The summed E-state index contributed by atoms with van der Waals surface area (Å²) in [5, 5.41) is 3.29. The fourth-order valence-electron chi connectivity index (χ4n) is 3.64. The molecule has 0 unspecified atom stereocenters. The average Bonchev–Trinajstić information content (AvgIpc) is 2.61. The zero-order chi connectivity index (χ0) is 18.7. The van der Waals surface area contributed by atoms with Crippen LogP contribution in [0.2, 0.25) is 0 Å². The van der Waals surface area contributed by atoms with Crippen molar-refractivity contribution < 1.29 is 19.1 Å². The third-order valence-corrected chi connectivity index (χ3v) is 4.93. The molecule has 1 N–H and O–H groups in total. The van der Waals surface area contributed by atoms with E-state index in [1.54, 1.807) is 7.11 Å². The molecule has 0 amide bonds. The number of ether oxygens (including phenoxy) is 2. The van der Waals surface area contributed by atoms with Crippen molar-refractivity contribution >= 4 is 11.8 Å². The number of rotatable bonds is 5. The van der Waals surface area contributed by atoms with E-state index in [0.29, 0.717) is 24.2 Å². The van der Waals surface area contributed by atoms with Gasteiger partial charge < -0.3 is 14.8 Å². The minimum Gasteiger partial charge on any atom is -0.460 e. The van der Waals surface area contributed by atoms with E-state index in [1.807, 2.05) is 38.1 Å². The number of methoxy groups -OCH3 is 1. The SMILES string of the molecule is COCCOC(=O)C1=C(C)NC2=C(C(=O)CCC2)[C@@H]1c1ccc(C)cc1. The van der Waals surface area contributed by atoms with Gasteiger partial charge in [-0.05, 0) is 32.3 Å². The molecule has 1 aromatic carbocycles. The van der Waals surface area contributed by atoms with Crippen LogP contribution in [-0.4, -0.2) is 32.1 Å². The molecule has 0 spiro atoms. The maximum Gasteiger partial charge on any atom is 0.336 e. The smallest absolute Gasteiger partial charge is 0.336 e. The number of carbonyl (C=O) groups excluding carboxylic acids is 2. The molecule has 3 rings (SSSR count). The van der Waals surface area contributed by atoms with E-state index in [0.717, 1.165) is 35.4 Å². The van der Waals surface area contributed by atoms with Crippen LogP contribution < -0.4 is 5.32 Å². The maximum atomic E-state index is 12.8. The number of aryl methyl sites for hydroxylation is 1. The number of benzene rings is 1. The molecule has 5 nitrogen and oxygen atoms in total. The van der Waals surface area contributed by atoms with Gasteiger partial charge in [0, 0.05) is 36.4 Å². The number of nitrogens with one attached hydrogen (secondary N) is 1. The van der Waals surface area contributed by atoms with Crippen molar-refractivity contribution in [3.05, 3.63) is 57.9 Å². The van der Waals surface area contributed by atoms with Crippen molar-refractivity contribution in [3.63, 3.8) is 0 Å². The third-order valence-electron chi connectivity index (χ3n) is 4.93. The molecule has 1 heterocycles. The molecule has 0 saturated carbocycles. The van der Waals surface area contributed by atoms with E-state index >= 15 is 0 Å². The van der Waals surface area contributed by atoms with Crippen LogP contribution in [0.3, 0.4) is 0 Å². The van der Waals surface area contributed by atoms with Gasteiger partial charge in [0.05, 0.1) is 12.2 Å². The monoisotopic (exact) mass is 355 g/mol. The van der Waals surface area contributed by atoms with Crippen LogP contribution >= 0.6 is 0 Å². The molecule has 5 heteroatoms. The van der Waals surface area contributed by atoms with Gasteiger partial charge in [0.2, 0.25) is 0 Å². The van der Waals surface area contributed by atoms with Crippen molar-refractivity contribution in [2.75, 3.05) is 20.3 Å². The Labute approximate surface area is 154 Å². The van der Waals surface area contributed by atoms with Crippen LogP contribution in [0.1, 0.15) is 43.2 Å². The van der Waals surface area contributed by atoms with Crippen LogP contribution in [0.15, 0.2) is 46.8 Å². The molecule has 0 saturated heterocycles. The van der Waals surface area contributed by atoms with Gasteiger partial charge in [-0.1, -0.05) is 29.8 Å². The molecular formula is C21H25NO4. The number of dihydropyridines is 1. The Morgan fingerprint density at radius 3 is 2.58 bits per heavy atom. The van der Waals surface area contributed by atoms with Crippen molar-refractivity contribution in [1.29, 1.82) is 0 Å². The van der Waals surface area contributed by atoms with Gasteiger partial charge in [-0.2, -0.15) is 0 Å². The Balaban J connectivity index is 2.04. The minimum absolute atomic E-state index is 0.110. The molecule has 1 aliphatic heterocycles. The largest absolute Gasteiger partial charge is 0.460 e. The molecule has 1 atom stereocenters. The lowest BCUT2D eigenvalue weighted by Gasteiger charge is -2.34.